The highest BCUT2D eigenvalue weighted by molar-refractivity contribution is 7.81. The minimum atomic E-state index is 0.373. The highest BCUT2D eigenvalue weighted by atomic mass is 32.1. The summed E-state index contributed by atoms with van der Waals surface area (Å²) in [4.78, 5) is 0. The van der Waals surface area contributed by atoms with E-state index in [9.17, 15) is 0 Å². The van der Waals surface area contributed by atoms with Gasteiger partial charge in [-0.2, -0.15) is 12.6 Å². The van der Waals surface area contributed by atoms with E-state index in [2.05, 4.69) is 40.3 Å². The highest BCUT2D eigenvalue weighted by Crippen LogP contribution is 2.25. The van der Waals surface area contributed by atoms with E-state index in [1.54, 1.807) is 0 Å². The van der Waals surface area contributed by atoms with Gasteiger partial charge in [0.25, 0.3) is 0 Å². The van der Waals surface area contributed by atoms with E-state index in [4.69, 9.17) is 0 Å². The van der Waals surface area contributed by atoms with E-state index in [0.29, 0.717) is 10.7 Å². The zero-order valence-corrected chi connectivity index (χ0v) is 7.13. The van der Waals surface area contributed by atoms with Crippen molar-refractivity contribution in [1.82, 2.24) is 0 Å². The smallest absolute Gasteiger partial charge is 0.00627 e. The van der Waals surface area contributed by atoms with Crippen molar-refractivity contribution in [2.24, 2.45) is 5.41 Å². The molecular weight excluding hydrogens is 116 g/mol. The second-order valence-electron chi connectivity index (χ2n) is 3.29. The predicted molar refractivity (Wildman–Crippen MR) is 42.5 cm³/mol. The fourth-order valence-corrected chi connectivity index (χ4v) is 0.612. The van der Waals surface area contributed by atoms with E-state index in [0.717, 1.165) is 6.42 Å². The lowest BCUT2D eigenvalue weighted by Gasteiger charge is -2.24. The van der Waals surface area contributed by atoms with Crippen LogP contribution in [-0.4, -0.2) is 5.25 Å². The predicted octanol–water partition coefficient (Wildman–Crippen LogP) is 2.74. The lowest BCUT2D eigenvalue weighted by molar-refractivity contribution is 0.389. The second-order valence-corrected chi connectivity index (χ2v) is 3.91. The van der Waals surface area contributed by atoms with Crippen molar-refractivity contribution in [2.45, 2.75) is 39.4 Å². The van der Waals surface area contributed by atoms with Gasteiger partial charge in [0.15, 0.2) is 0 Å². The third-order valence-corrected chi connectivity index (χ3v) is 2.53. The normalized spacial score (nSPS) is 16.1. The molecule has 8 heavy (non-hydrogen) atoms. The monoisotopic (exact) mass is 132 g/mol. The maximum absolute atomic E-state index is 4.41. The maximum Gasteiger partial charge on any atom is 0.00627 e. The Kier molecular flexibility index (Phi) is 2.89. The van der Waals surface area contributed by atoms with Crippen molar-refractivity contribution in [2.75, 3.05) is 0 Å². The zero-order valence-electron chi connectivity index (χ0n) is 6.23. The highest BCUT2D eigenvalue weighted by Gasteiger charge is 2.17. The lowest BCUT2D eigenvalue weighted by Crippen LogP contribution is -2.19. The van der Waals surface area contributed by atoms with Gasteiger partial charge in [-0.15, -0.1) is 0 Å². The first-order chi connectivity index (χ1) is 3.48. The van der Waals surface area contributed by atoms with Gasteiger partial charge in [-0.3, -0.25) is 0 Å². The molecule has 0 saturated heterocycles. The van der Waals surface area contributed by atoms with Crippen molar-refractivity contribution >= 4 is 12.6 Å². The van der Waals surface area contributed by atoms with E-state index in [-0.39, 0.29) is 0 Å². The van der Waals surface area contributed by atoms with Gasteiger partial charge < -0.3 is 0 Å². The molecule has 0 aliphatic heterocycles. The fraction of sp³-hybridized carbons (Fsp3) is 1.00. The van der Waals surface area contributed by atoms with Crippen LogP contribution in [0.2, 0.25) is 0 Å². The van der Waals surface area contributed by atoms with E-state index >= 15 is 0 Å². The van der Waals surface area contributed by atoms with Crippen LogP contribution < -0.4 is 0 Å². The molecule has 1 unspecified atom stereocenters. The van der Waals surface area contributed by atoms with Gasteiger partial charge in [0.05, 0.1) is 0 Å². The molecular formula is C7H16S. The summed E-state index contributed by atoms with van der Waals surface area (Å²) in [5.41, 5.74) is 0.373. The van der Waals surface area contributed by atoms with Crippen LogP contribution in [0, 0.1) is 5.41 Å². The Hall–Kier alpha value is 0.350. The van der Waals surface area contributed by atoms with E-state index in [1.165, 1.54) is 0 Å². The van der Waals surface area contributed by atoms with Crippen molar-refractivity contribution in [3.63, 3.8) is 0 Å². The summed E-state index contributed by atoms with van der Waals surface area (Å²) in [6.07, 6.45) is 1.16. The Morgan fingerprint density at radius 3 is 1.75 bits per heavy atom. The Morgan fingerprint density at radius 2 is 1.75 bits per heavy atom. The molecule has 0 spiro atoms. The summed E-state index contributed by atoms with van der Waals surface area (Å²) in [5.74, 6) is 0. The van der Waals surface area contributed by atoms with Crippen LogP contribution in [0.3, 0.4) is 0 Å². The zero-order chi connectivity index (χ0) is 6.78. The van der Waals surface area contributed by atoms with Crippen LogP contribution in [0.5, 0.6) is 0 Å². The molecule has 1 heteroatoms. The molecule has 0 fully saturated rings. The van der Waals surface area contributed by atoms with E-state index in [1.807, 2.05) is 0 Å². The molecule has 0 N–H and O–H groups in total. The van der Waals surface area contributed by atoms with Gasteiger partial charge >= 0.3 is 0 Å². The van der Waals surface area contributed by atoms with Crippen LogP contribution in [0.15, 0.2) is 0 Å². The molecule has 1 atom stereocenters. The molecule has 50 valence electrons. The number of hydrogen-bond donors (Lipinski definition) is 1. The molecule has 0 rings (SSSR count). The molecule has 0 heterocycles. The third kappa shape index (κ3) is 2.61. The summed E-state index contributed by atoms with van der Waals surface area (Å²) in [6.45, 7) is 8.82. The largest absolute Gasteiger partial charge is 0.175 e. The first-order valence-corrected chi connectivity index (χ1v) is 3.68. The number of hydrogen-bond acceptors (Lipinski definition) is 1. The Balaban J connectivity index is 3.62. The van der Waals surface area contributed by atoms with Crippen LogP contribution in [0.25, 0.3) is 0 Å². The topological polar surface area (TPSA) is 0 Å². The third-order valence-electron chi connectivity index (χ3n) is 1.39. The summed E-state index contributed by atoms with van der Waals surface area (Å²) in [5, 5.41) is 0.544. The van der Waals surface area contributed by atoms with Crippen molar-refractivity contribution in [1.29, 1.82) is 0 Å². The molecule has 0 aliphatic carbocycles. The maximum atomic E-state index is 4.41. The van der Waals surface area contributed by atoms with Crippen LogP contribution >= 0.6 is 12.6 Å². The molecule has 0 bridgehead atoms. The van der Waals surface area contributed by atoms with Gasteiger partial charge in [-0.05, 0) is 11.8 Å². The summed E-state index contributed by atoms with van der Waals surface area (Å²) >= 11 is 4.41. The van der Waals surface area contributed by atoms with E-state index < -0.39 is 0 Å². The second kappa shape index (κ2) is 2.77. The van der Waals surface area contributed by atoms with Crippen molar-refractivity contribution < 1.29 is 0 Å². The van der Waals surface area contributed by atoms with Gasteiger partial charge in [-0.25, -0.2) is 0 Å². The van der Waals surface area contributed by atoms with Gasteiger partial charge in [0.1, 0.15) is 0 Å². The summed E-state index contributed by atoms with van der Waals surface area (Å²) in [6, 6.07) is 0. The first kappa shape index (κ1) is 8.35. The summed E-state index contributed by atoms with van der Waals surface area (Å²) < 4.78 is 0. The standard InChI is InChI=1S/C7H16S/c1-5-6(8)7(2,3)4/h6,8H,5H2,1-4H3. The van der Waals surface area contributed by atoms with Gasteiger partial charge in [0, 0.05) is 5.25 Å². The molecule has 0 aromatic carbocycles. The molecule has 0 aliphatic rings. The van der Waals surface area contributed by atoms with Crippen LogP contribution in [0.4, 0.5) is 0 Å². The molecule has 0 aromatic rings. The number of rotatable bonds is 1. The molecule has 0 nitrogen and oxygen atoms in total. The van der Waals surface area contributed by atoms with Crippen LogP contribution in [-0.2, 0) is 0 Å². The average molecular weight is 132 g/mol. The quantitative estimate of drug-likeness (QED) is 0.521. The minimum Gasteiger partial charge on any atom is -0.175 e. The average Bonchev–Trinajstić information content (AvgIpc) is 1.62. The Labute approximate surface area is 58.1 Å². The molecule has 0 radical (unpaired) electrons. The van der Waals surface area contributed by atoms with Crippen molar-refractivity contribution in [3.05, 3.63) is 0 Å². The SMILES string of the molecule is CCC(S)C(C)(C)C. The Bertz CT molecular complexity index is 61.3. The fourth-order valence-electron chi connectivity index (χ4n) is 0.612. The molecule has 0 aromatic heterocycles. The van der Waals surface area contributed by atoms with Gasteiger partial charge in [-0.1, -0.05) is 27.7 Å². The van der Waals surface area contributed by atoms with Gasteiger partial charge in [0.2, 0.25) is 0 Å². The molecule has 0 saturated carbocycles. The first-order valence-electron chi connectivity index (χ1n) is 3.16. The Morgan fingerprint density at radius 1 is 1.38 bits per heavy atom. The summed E-state index contributed by atoms with van der Waals surface area (Å²) in [7, 11) is 0. The molecule has 0 amide bonds. The number of thiol groups is 1. The minimum absolute atomic E-state index is 0.373. The lowest BCUT2D eigenvalue weighted by atomic mass is 9.90. The van der Waals surface area contributed by atoms with Crippen LogP contribution in [0.1, 0.15) is 34.1 Å². The van der Waals surface area contributed by atoms with Crippen molar-refractivity contribution in [3.8, 4) is 0 Å².